The number of para-hydroxylation sites is 1. The van der Waals surface area contributed by atoms with Gasteiger partial charge in [-0.15, -0.1) is 0 Å². The summed E-state index contributed by atoms with van der Waals surface area (Å²) in [6, 6.07) is 14.5. The quantitative estimate of drug-likeness (QED) is 0.671. The van der Waals surface area contributed by atoms with Crippen molar-refractivity contribution in [1.82, 2.24) is 4.57 Å². The van der Waals surface area contributed by atoms with E-state index in [9.17, 15) is 0 Å². The number of benzene rings is 1. The molecule has 0 aliphatic heterocycles. The fourth-order valence-corrected chi connectivity index (χ4v) is 1.52. The van der Waals surface area contributed by atoms with Crippen molar-refractivity contribution in [1.29, 1.82) is 0 Å². The summed E-state index contributed by atoms with van der Waals surface area (Å²) in [5.74, 6) is 0. The average Bonchev–Trinajstić information content (AvgIpc) is 2.68. The second-order valence-electron chi connectivity index (χ2n) is 3.14. The molecule has 0 radical (unpaired) electrons. The van der Waals surface area contributed by atoms with Crippen molar-refractivity contribution in [3.63, 3.8) is 0 Å². The summed E-state index contributed by atoms with van der Waals surface area (Å²) < 4.78 is 2.17. The third kappa shape index (κ3) is 1.62. The van der Waals surface area contributed by atoms with Crippen LogP contribution in [-0.2, 0) is 0 Å². The van der Waals surface area contributed by atoms with E-state index < -0.39 is 0 Å². The molecule has 1 aromatic heterocycles. The molecule has 0 spiro atoms. The molecule has 14 heavy (non-hydrogen) atoms. The molecule has 0 amide bonds. The van der Waals surface area contributed by atoms with Crippen molar-refractivity contribution >= 4 is 6.08 Å². The fraction of sp³-hybridized carbons (Fsp3) is 0.0769. The van der Waals surface area contributed by atoms with E-state index in [-0.39, 0.29) is 0 Å². The maximum Gasteiger partial charge on any atom is 0.0455 e. The van der Waals surface area contributed by atoms with Gasteiger partial charge in [-0.05, 0) is 37.3 Å². The zero-order chi connectivity index (χ0) is 9.80. The Bertz CT molecular complexity index is 424. The van der Waals surface area contributed by atoms with Gasteiger partial charge in [-0.2, -0.15) is 0 Å². The topological polar surface area (TPSA) is 4.93 Å². The highest BCUT2D eigenvalue weighted by atomic mass is 15.0. The minimum absolute atomic E-state index is 1.20. The number of allylic oxidation sites excluding steroid dienone is 1. The van der Waals surface area contributed by atoms with E-state index in [2.05, 4.69) is 59.3 Å². The van der Waals surface area contributed by atoms with E-state index >= 15 is 0 Å². The molecule has 0 atom stereocenters. The Hall–Kier alpha value is -1.76. The number of rotatable bonds is 2. The van der Waals surface area contributed by atoms with Crippen molar-refractivity contribution < 1.29 is 0 Å². The average molecular weight is 183 g/mol. The van der Waals surface area contributed by atoms with Crippen LogP contribution in [0.25, 0.3) is 11.8 Å². The van der Waals surface area contributed by atoms with Gasteiger partial charge in [-0.1, -0.05) is 24.3 Å². The predicted octanol–water partition coefficient (Wildman–Crippen LogP) is 3.51. The molecule has 1 nitrogen and oxygen atoms in total. The Morgan fingerprint density at radius 2 is 1.79 bits per heavy atom. The van der Waals surface area contributed by atoms with Crippen molar-refractivity contribution in [2.75, 3.05) is 0 Å². The standard InChI is InChI=1S/C13H13N/c1-2-7-12-10-6-11-14(12)13-8-4-3-5-9-13/h2-11H,1H3/b7-2-. The first-order valence-corrected chi connectivity index (χ1v) is 4.77. The molecule has 1 heterocycles. The third-order valence-corrected chi connectivity index (χ3v) is 2.15. The van der Waals surface area contributed by atoms with Crippen molar-refractivity contribution in [3.8, 4) is 5.69 Å². The number of aromatic nitrogens is 1. The van der Waals surface area contributed by atoms with Crippen LogP contribution in [0.4, 0.5) is 0 Å². The van der Waals surface area contributed by atoms with Crippen LogP contribution in [-0.4, -0.2) is 4.57 Å². The zero-order valence-corrected chi connectivity index (χ0v) is 8.22. The second-order valence-corrected chi connectivity index (χ2v) is 3.14. The van der Waals surface area contributed by atoms with E-state index in [1.807, 2.05) is 13.0 Å². The van der Waals surface area contributed by atoms with Gasteiger partial charge in [-0.3, -0.25) is 0 Å². The highest BCUT2D eigenvalue weighted by molar-refractivity contribution is 5.50. The molecule has 70 valence electrons. The molecular formula is C13H13N. The summed E-state index contributed by atoms with van der Waals surface area (Å²) in [4.78, 5) is 0. The Labute approximate surface area is 84.3 Å². The van der Waals surface area contributed by atoms with Gasteiger partial charge in [0.15, 0.2) is 0 Å². The van der Waals surface area contributed by atoms with Gasteiger partial charge in [-0.25, -0.2) is 0 Å². The molecule has 1 aromatic carbocycles. The summed E-state index contributed by atoms with van der Waals surface area (Å²) in [6.45, 7) is 2.03. The molecule has 0 aliphatic carbocycles. The van der Waals surface area contributed by atoms with E-state index in [4.69, 9.17) is 0 Å². The maximum atomic E-state index is 2.17. The van der Waals surface area contributed by atoms with E-state index in [0.29, 0.717) is 0 Å². The SMILES string of the molecule is C/C=C\c1cccn1-c1ccccc1. The Morgan fingerprint density at radius 1 is 1.00 bits per heavy atom. The van der Waals surface area contributed by atoms with Crippen LogP contribution >= 0.6 is 0 Å². The maximum absolute atomic E-state index is 2.17. The van der Waals surface area contributed by atoms with Crippen LogP contribution in [0.3, 0.4) is 0 Å². The summed E-state index contributed by atoms with van der Waals surface area (Å²) in [5.41, 5.74) is 2.41. The van der Waals surface area contributed by atoms with Crippen molar-refractivity contribution in [2.45, 2.75) is 6.92 Å². The van der Waals surface area contributed by atoms with Crippen LogP contribution in [0, 0.1) is 0 Å². The van der Waals surface area contributed by atoms with Crippen LogP contribution in [0.5, 0.6) is 0 Å². The van der Waals surface area contributed by atoms with Crippen molar-refractivity contribution in [3.05, 3.63) is 60.4 Å². The molecule has 2 aromatic rings. The first kappa shape index (κ1) is 8.82. The van der Waals surface area contributed by atoms with Gasteiger partial charge >= 0.3 is 0 Å². The summed E-state index contributed by atoms with van der Waals surface area (Å²) in [5, 5.41) is 0. The van der Waals surface area contributed by atoms with E-state index in [1.165, 1.54) is 11.4 Å². The highest BCUT2D eigenvalue weighted by Gasteiger charge is 1.97. The van der Waals surface area contributed by atoms with Crippen molar-refractivity contribution in [2.24, 2.45) is 0 Å². The Kier molecular flexibility index (Phi) is 2.50. The fourth-order valence-electron chi connectivity index (χ4n) is 1.52. The van der Waals surface area contributed by atoms with E-state index in [0.717, 1.165) is 0 Å². The smallest absolute Gasteiger partial charge is 0.0455 e. The van der Waals surface area contributed by atoms with Gasteiger partial charge in [0, 0.05) is 17.6 Å². The molecule has 0 fully saturated rings. The number of hydrogen-bond acceptors (Lipinski definition) is 0. The lowest BCUT2D eigenvalue weighted by molar-refractivity contribution is 1.06. The largest absolute Gasteiger partial charge is 0.317 e. The van der Waals surface area contributed by atoms with Crippen LogP contribution < -0.4 is 0 Å². The van der Waals surface area contributed by atoms with Gasteiger partial charge in [0.1, 0.15) is 0 Å². The van der Waals surface area contributed by atoms with E-state index in [1.54, 1.807) is 0 Å². The lowest BCUT2D eigenvalue weighted by atomic mass is 10.3. The van der Waals surface area contributed by atoms with Gasteiger partial charge in [0.25, 0.3) is 0 Å². The lowest BCUT2D eigenvalue weighted by Crippen LogP contribution is -1.93. The Morgan fingerprint density at radius 3 is 2.50 bits per heavy atom. The molecular weight excluding hydrogens is 170 g/mol. The Balaban J connectivity index is 2.47. The minimum Gasteiger partial charge on any atom is -0.317 e. The monoisotopic (exact) mass is 183 g/mol. The van der Waals surface area contributed by atoms with Crippen LogP contribution in [0.2, 0.25) is 0 Å². The molecule has 0 saturated carbocycles. The summed E-state index contributed by atoms with van der Waals surface area (Å²) in [6.07, 6.45) is 6.23. The molecule has 2 rings (SSSR count). The number of hydrogen-bond donors (Lipinski definition) is 0. The zero-order valence-electron chi connectivity index (χ0n) is 8.22. The molecule has 0 bridgehead atoms. The molecule has 1 heteroatoms. The van der Waals surface area contributed by atoms with Crippen LogP contribution in [0.15, 0.2) is 54.7 Å². The van der Waals surface area contributed by atoms with Gasteiger partial charge in [0.2, 0.25) is 0 Å². The van der Waals surface area contributed by atoms with Gasteiger partial charge in [0.05, 0.1) is 0 Å². The second kappa shape index (κ2) is 3.97. The minimum atomic E-state index is 1.20. The normalized spacial score (nSPS) is 10.9. The summed E-state index contributed by atoms with van der Waals surface area (Å²) in [7, 11) is 0. The van der Waals surface area contributed by atoms with Crippen LogP contribution in [0.1, 0.15) is 12.6 Å². The lowest BCUT2D eigenvalue weighted by Gasteiger charge is -2.05. The first-order valence-electron chi connectivity index (χ1n) is 4.77. The molecule has 0 N–H and O–H groups in total. The first-order chi connectivity index (χ1) is 6.92. The molecule has 0 saturated heterocycles. The predicted molar refractivity (Wildman–Crippen MR) is 60.5 cm³/mol. The third-order valence-electron chi connectivity index (χ3n) is 2.15. The van der Waals surface area contributed by atoms with Gasteiger partial charge < -0.3 is 4.57 Å². The molecule has 0 unspecified atom stereocenters. The molecule has 0 aliphatic rings. The number of nitrogens with zero attached hydrogens (tertiary/aromatic N) is 1. The highest BCUT2D eigenvalue weighted by Crippen LogP contribution is 2.13. The summed E-state index contributed by atoms with van der Waals surface area (Å²) >= 11 is 0.